The maximum Gasteiger partial charge on any atom is 0.388 e. The van der Waals surface area contributed by atoms with Gasteiger partial charge in [0.25, 0.3) is 5.92 Å². The number of carbonyl (C=O) groups is 1. The van der Waals surface area contributed by atoms with Gasteiger partial charge >= 0.3 is 12.6 Å². The molecule has 2 N–H and O–H groups in total. The van der Waals surface area contributed by atoms with Gasteiger partial charge in [-0.25, -0.2) is 18.6 Å². The normalized spacial score (nSPS) is 27.3. The van der Waals surface area contributed by atoms with E-state index in [2.05, 4.69) is 20.4 Å². The van der Waals surface area contributed by atoms with Crippen molar-refractivity contribution >= 4 is 6.03 Å². The predicted molar refractivity (Wildman–Crippen MR) is 75.8 cm³/mol. The van der Waals surface area contributed by atoms with E-state index in [0.717, 1.165) is 0 Å². The Bertz CT molecular complexity index is 614. The molecule has 132 valence electrons. The van der Waals surface area contributed by atoms with E-state index in [0.29, 0.717) is 12.0 Å². The first-order chi connectivity index (χ1) is 11.3. The molecule has 0 spiro atoms. The van der Waals surface area contributed by atoms with Crippen molar-refractivity contribution in [3.8, 4) is 5.88 Å². The Labute approximate surface area is 135 Å². The van der Waals surface area contributed by atoms with Gasteiger partial charge in [0, 0.05) is 37.2 Å². The van der Waals surface area contributed by atoms with E-state index >= 15 is 0 Å². The van der Waals surface area contributed by atoms with Gasteiger partial charge in [-0.1, -0.05) is 0 Å². The van der Waals surface area contributed by atoms with Crippen LogP contribution < -0.4 is 15.4 Å². The number of ether oxygens (including phenoxy) is 1. The van der Waals surface area contributed by atoms with Crippen molar-refractivity contribution in [2.45, 2.75) is 44.4 Å². The number of halogens is 4. The van der Waals surface area contributed by atoms with Gasteiger partial charge in [0.1, 0.15) is 0 Å². The summed E-state index contributed by atoms with van der Waals surface area (Å²) in [6, 6.07) is 2.13. The maximum absolute atomic E-state index is 13.4. The Morgan fingerprint density at radius 1 is 1.42 bits per heavy atom. The molecule has 3 atom stereocenters. The van der Waals surface area contributed by atoms with E-state index in [1.165, 1.54) is 12.3 Å². The summed E-state index contributed by atoms with van der Waals surface area (Å²) in [7, 11) is 0. The SMILES string of the molecule is O=C(NCc1ccnc(OC(F)F)c1)NC1CC2CC1CC2(F)F. The van der Waals surface area contributed by atoms with Crippen LogP contribution in [0.1, 0.15) is 24.8 Å². The molecular formula is C15H17F4N3O2. The number of rotatable bonds is 5. The van der Waals surface area contributed by atoms with E-state index < -0.39 is 24.5 Å². The third-order valence-corrected chi connectivity index (χ3v) is 4.61. The topological polar surface area (TPSA) is 63.2 Å². The standard InChI is InChI=1S/C15H17F4N3O2/c16-13(17)24-12-3-8(1-2-20-12)7-21-14(23)22-11-5-10-4-9(11)6-15(10,18)19/h1-3,9-11,13H,4-7H2,(H2,21,22,23). The molecule has 2 fully saturated rings. The first-order valence-electron chi connectivity index (χ1n) is 7.65. The number of aromatic nitrogens is 1. The fourth-order valence-electron chi connectivity index (χ4n) is 3.51. The molecule has 1 heterocycles. The average Bonchev–Trinajstić information content (AvgIpc) is 3.00. The van der Waals surface area contributed by atoms with Crippen LogP contribution in [-0.2, 0) is 6.54 Å². The van der Waals surface area contributed by atoms with Crippen molar-refractivity contribution in [2.24, 2.45) is 11.8 Å². The fraction of sp³-hybridized carbons (Fsp3) is 0.600. The molecule has 1 aromatic heterocycles. The highest BCUT2D eigenvalue weighted by molar-refractivity contribution is 5.74. The van der Waals surface area contributed by atoms with Gasteiger partial charge < -0.3 is 15.4 Å². The second kappa shape index (κ2) is 6.45. The van der Waals surface area contributed by atoms with Gasteiger partial charge in [-0.2, -0.15) is 8.78 Å². The van der Waals surface area contributed by atoms with Crippen molar-refractivity contribution in [1.82, 2.24) is 15.6 Å². The summed E-state index contributed by atoms with van der Waals surface area (Å²) >= 11 is 0. The lowest BCUT2D eigenvalue weighted by atomic mass is 9.92. The van der Waals surface area contributed by atoms with E-state index in [-0.39, 0.29) is 37.2 Å². The number of hydrogen-bond donors (Lipinski definition) is 2. The number of nitrogens with one attached hydrogen (secondary N) is 2. The Morgan fingerprint density at radius 3 is 2.83 bits per heavy atom. The smallest absolute Gasteiger partial charge is 0.388 e. The molecule has 0 radical (unpaired) electrons. The molecule has 9 heteroatoms. The number of pyridine rings is 1. The lowest BCUT2D eigenvalue weighted by Gasteiger charge is -2.28. The molecule has 0 saturated heterocycles. The second-order valence-electron chi connectivity index (χ2n) is 6.21. The highest BCUT2D eigenvalue weighted by atomic mass is 19.3. The lowest BCUT2D eigenvalue weighted by molar-refractivity contribution is -0.0559. The molecular weight excluding hydrogens is 330 g/mol. The van der Waals surface area contributed by atoms with Crippen molar-refractivity contribution in [1.29, 1.82) is 0 Å². The molecule has 0 aliphatic heterocycles. The molecule has 5 nitrogen and oxygen atoms in total. The summed E-state index contributed by atoms with van der Waals surface area (Å²) in [5.74, 6) is -3.69. The van der Waals surface area contributed by atoms with Crippen LogP contribution in [0.4, 0.5) is 22.4 Å². The zero-order valence-corrected chi connectivity index (χ0v) is 12.6. The molecule has 0 aromatic carbocycles. The Kier molecular flexibility index (Phi) is 4.51. The summed E-state index contributed by atoms with van der Waals surface area (Å²) in [5.41, 5.74) is 0.537. The molecule has 2 aliphatic carbocycles. The third-order valence-electron chi connectivity index (χ3n) is 4.61. The van der Waals surface area contributed by atoms with Gasteiger partial charge in [-0.3, -0.25) is 0 Å². The average molecular weight is 347 g/mol. The summed E-state index contributed by atoms with van der Waals surface area (Å²) in [6.07, 6.45) is 1.84. The predicted octanol–water partition coefficient (Wildman–Crippen LogP) is 2.92. The number of nitrogens with zero attached hydrogens (tertiary/aromatic N) is 1. The van der Waals surface area contributed by atoms with Crippen LogP contribution in [0, 0.1) is 11.8 Å². The summed E-state index contributed by atoms with van der Waals surface area (Å²) in [6.45, 7) is -2.88. The second-order valence-corrected chi connectivity index (χ2v) is 6.21. The quantitative estimate of drug-likeness (QED) is 0.805. The Hall–Kier alpha value is -2.06. The first kappa shape index (κ1) is 16.8. The van der Waals surface area contributed by atoms with E-state index in [4.69, 9.17) is 0 Å². The number of hydrogen-bond acceptors (Lipinski definition) is 3. The Balaban J connectivity index is 1.47. The number of amides is 2. The van der Waals surface area contributed by atoms with Crippen molar-refractivity contribution < 1.29 is 27.1 Å². The number of alkyl halides is 4. The van der Waals surface area contributed by atoms with Gasteiger partial charge in [0.05, 0.1) is 0 Å². The van der Waals surface area contributed by atoms with Gasteiger partial charge in [0.2, 0.25) is 5.88 Å². The summed E-state index contributed by atoms with van der Waals surface area (Å²) in [4.78, 5) is 15.5. The van der Waals surface area contributed by atoms with Crippen molar-refractivity contribution in [2.75, 3.05) is 0 Å². The number of urea groups is 1. The van der Waals surface area contributed by atoms with Crippen LogP contribution in [0.25, 0.3) is 0 Å². The minimum Gasteiger partial charge on any atom is -0.417 e. The molecule has 2 amide bonds. The molecule has 1 aromatic rings. The van der Waals surface area contributed by atoms with E-state index in [1.54, 1.807) is 6.07 Å². The van der Waals surface area contributed by atoms with E-state index in [9.17, 15) is 22.4 Å². The number of carbonyl (C=O) groups excluding carboxylic acids is 1. The van der Waals surface area contributed by atoms with E-state index in [1.807, 2.05) is 0 Å². The van der Waals surface area contributed by atoms with Crippen molar-refractivity contribution in [3.63, 3.8) is 0 Å². The molecule has 3 unspecified atom stereocenters. The van der Waals surface area contributed by atoms with Crippen LogP contribution in [0.15, 0.2) is 18.3 Å². The van der Waals surface area contributed by atoms with Crippen LogP contribution in [0.3, 0.4) is 0 Å². The molecule has 2 saturated carbocycles. The van der Waals surface area contributed by atoms with Gasteiger partial charge in [-0.05, 0) is 30.4 Å². The maximum atomic E-state index is 13.4. The van der Waals surface area contributed by atoms with Gasteiger partial charge in [0.15, 0.2) is 0 Å². The highest BCUT2D eigenvalue weighted by Crippen LogP contribution is 2.53. The molecule has 2 bridgehead atoms. The summed E-state index contributed by atoms with van der Waals surface area (Å²) < 4.78 is 55.3. The monoisotopic (exact) mass is 347 g/mol. The van der Waals surface area contributed by atoms with Gasteiger partial charge in [-0.15, -0.1) is 0 Å². The highest BCUT2D eigenvalue weighted by Gasteiger charge is 2.56. The number of fused-ring (bicyclic) bond motifs is 2. The fourth-order valence-corrected chi connectivity index (χ4v) is 3.51. The Morgan fingerprint density at radius 2 is 2.21 bits per heavy atom. The van der Waals surface area contributed by atoms with Crippen LogP contribution in [0.2, 0.25) is 0 Å². The zero-order chi connectivity index (χ0) is 17.3. The first-order valence-corrected chi connectivity index (χ1v) is 7.65. The van der Waals surface area contributed by atoms with Crippen LogP contribution in [-0.4, -0.2) is 29.6 Å². The molecule has 2 aliphatic rings. The molecule has 3 rings (SSSR count). The minimum atomic E-state index is -2.97. The lowest BCUT2D eigenvalue weighted by Crippen LogP contribution is -2.46. The zero-order valence-electron chi connectivity index (χ0n) is 12.6. The van der Waals surface area contributed by atoms with Crippen molar-refractivity contribution in [3.05, 3.63) is 23.9 Å². The van der Waals surface area contributed by atoms with Crippen LogP contribution >= 0.6 is 0 Å². The third kappa shape index (κ3) is 3.70. The molecule has 24 heavy (non-hydrogen) atoms. The largest absolute Gasteiger partial charge is 0.417 e. The summed E-state index contributed by atoms with van der Waals surface area (Å²) in [5, 5.41) is 5.29. The van der Waals surface area contributed by atoms with Crippen LogP contribution in [0.5, 0.6) is 5.88 Å². The minimum absolute atomic E-state index is 0.0882.